The molecule has 1 atom stereocenters. The number of rotatable bonds is 7. The lowest BCUT2D eigenvalue weighted by Gasteiger charge is -2.17. The Bertz CT molecular complexity index is 779. The van der Waals surface area contributed by atoms with E-state index in [2.05, 4.69) is 26.3 Å². The van der Waals surface area contributed by atoms with Crippen LogP contribution in [0.2, 0.25) is 0 Å². The zero-order valence-corrected chi connectivity index (χ0v) is 13.0. The fourth-order valence-corrected chi connectivity index (χ4v) is 2.35. The fourth-order valence-electron chi connectivity index (χ4n) is 2.35. The molecule has 0 spiro atoms. The van der Waals surface area contributed by atoms with Crippen LogP contribution in [0.5, 0.6) is 5.75 Å². The smallest absolute Gasteiger partial charge is 0.127 e. The van der Waals surface area contributed by atoms with Crippen LogP contribution in [0.15, 0.2) is 61.2 Å². The van der Waals surface area contributed by atoms with Gasteiger partial charge < -0.3 is 15.0 Å². The third-order valence-corrected chi connectivity index (χ3v) is 3.51. The van der Waals surface area contributed by atoms with Gasteiger partial charge in [0.05, 0.1) is 17.7 Å². The number of ether oxygens (including phenoxy) is 1. The molecule has 6 heteroatoms. The summed E-state index contributed by atoms with van der Waals surface area (Å²) in [7, 11) is 0. The lowest BCUT2D eigenvalue weighted by molar-refractivity contribution is 0.308. The van der Waals surface area contributed by atoms with Crippen molar-refractivity contribution in [3.05, 3.63) is 78.1 Å². The first kappa shape index (κ1) is 15.7. The monoisotopic (exact) mass is 319 g/mol. The molecule has 1 aromatic carbocycles. The normalized spacial score (nSPS) is 11.6. The molecule has 3 rings (SSSR count). The molecule has 2 aromatic heterocycles. The van der Waals surface area contributed by atoms with Crippen LogP contribution in [0.1, 0.15) is 23.0 Å². The van der Waals surface area contributed by atoms with Crippen molar-refractivity contribution in [2.75, 3.05) is 13.2 Å². The van der Waals surface area contributed by atoms with Gasteiger partial charge in [0, 0.05) is 31.3 Å². The second-order valence-electron chi connectivity index (χ2n) is 5.13. The number of benzene rings is 1. The van der Waals surface area contributed by atoms with E-state index in [0.717, 1.165) is 17.1 Å². The number of imidazole rings is 1. The van der Waals surface area contributed by atoms with E-state index in [1.165, 1.54) is 0 Å². The Balaban J connectivity index is 1.57. The van der Waals surface area contributed by atoms with Crippen LogP contribution in [0.25, 0.3) is 0 Å². The minimum absolute atomic E-state index is 0.0711. The predicted molar refractivity (Wildman–Crippen MR) is 89.3 cm³/mol. The number of nitriles is 1. The van der Waals surface area contributed by atoms with E-state index in [1.807, 2.05) is 18.3 Å². The van der Waals surface area contributed by atoms with Gasteiger partial charge in [0.15, 0.2) is 0 Å². The first-order valence-electron chi connectivity index (χ1n) is 7.62. The van der Waals surface area contributed by atoms with Crippen molar-refractivity contribution in [2.45, 2.75) is 6.04 Å². The minimum atomic E-state index is -0.0711. The van der Waals surface area contributed by atoms with E-state index >= 15 is 0 Å². The van der Waals surface area contributed by atoms with Gasteiger partial charge in [-0.15, -0.1) is 0 Å². The van der Waals surface area contributed by atoms with E-state index in [4.69, 9.17) is 10.00 Å². The molecule has 0 aliphatic heterocycles. The molecule has 6 nitrogen and oxygen atoms in total. The molecule has 0 aliphatic carbocycles. The van der Waals surface area contributed by atoms with Crippen molar-refractivity contribution in [2.24, 2.45) is 0 Å². The summed E-state index contributed by atoms with van der Waals surface area (Å²) in [4.78, 5) is 11.6. The predicted octanol–water partition coefficient (Wildman–Crippen LogP) is 2.43. The molecule has 0 saturated heterocycles. The third kappa shape index (κ3) is 3.97. The Hall–Kier alpha value is -3.17. The highest BCUT2D eigenvalue weighted by molar-refractivity contribution is 5.34. The first-order valence-corrected chi connectivity index (χ1v) is 7.62. The summed E-state index contributed by atoms with van der Waals surface area (Å²) >= 11 is 0. The second kappa shape index (κ2) is 7.90. The fraction of sp³-hybridized carbons (Fsp3) is 0.167. The third-order valence-electron chi connectivity index (χ3n) is 3.51. The Morgan fingerprint density at radius 2 is 2.08 bits per heavy atom. The van der Waals surface area contributed by atoms with Crippen molar-refractivity contribution in [3.8, 4) is 11.8 Å². The Morgan fingerprint density at radius 3 is 2.75 bits per heavy atom. The van der Waals surface area contributed by atoms with Crippen LogP contribution < -0.4 is 10.1 Å². The summed E-state index contributed by atoms with van der Waals surface area (Å²) in [6.07, 6.45) is 7.10. The van der Waals surface area contributed by atoms with Gasteiger partial charge in [0.2, 0.25) is 0 Å². The number of hydrogen-bond acceptors (Lipinski definition) is 5. The largest absolute Gasteiger partial charge is 0.492 e. The van der Waals surface area contributed by atoms with Gasteiger partial charge in [-0.2, -0.15) is 5.26 Å². The number of nitrogens with zero attached hydrogens (tertiary/aromatic N) is 3. The van der Waals surface area contributed by atoms with Gasteiger partial charge in [-0.1, -0.05) is 6.07 Å². The van der Waals surface area contributed by atoms with Crippen LogP contribution in [-0.4, -0.2) is 28.1 Å². The van der Waals surface area contributed by atoms with E-state index in [-0.39, 0.29) is 6.04 Å². The van der Waals surface area contributed by atoms with Gasteiger partial charge in [0.1, 0.15) is 18.2 Å². The van der Waals surface area contributed by atoms with Gasteiger partial charge >= 0.3 is 0 Å². The van der Waals surface area contributed by atoms with Crippen molar-refractivity contribution in [3.63, 3.8) is 0 Å². The van der Waals surface area contributed by atoms with Crippen LogP contribution in [-0.2, 0) is 0 Å². The zero-order valence-electron chi connectivity index (χ0n) is 13.0. The van der Waals surface area contributed by atoms with E-state index in [9.17, 15) is 0 Å². The van der Waals surface area contributed by atoms with Crippen LogP contribution >= 0.6 is 0 Å². The van der Waals surface area contributed by atoms with Crippen LogP contribution in [0, 0.1) is 11.3 Å². The molecule has 0 fully saturated rings. The second-order valence-corrected chi connectivity index (χ2v) is 5.13. The number of aromatic amines is 1. The number of hydrogen-bond donors (Lipinski definition) is 2. The average Bonchev–Trinajstić information content (AvgIpc) is 3.17. The van der Waals surface area contributed by atoms with Crippen molar-refractivity contribution >= 4 is 0 Å². The highest BCUT2D eigenvalue weighted by Gasteiger charge is 2.15. The van der Waals surface area contributed by atoms with Crippen molar-refractivity contribution in [1.82, 2.24) is 20.3 Å². The van der Waals surface area contributed by atoms with Crippen LogP contribution in [0.4, 0.5) is 0 Å². The maximum atomic E-state index is 8.79. The number of H-pyrrole nitrogens is 1. The lowest BCUT2D eigenvalue weighted by atomic mass is 10.1. The lowest BCUT2D eigenvalue weighted by Crippen LogP contribution is -2.28. The summed E-state index contributed by atoms with van der Waals surface area (Å²) in [6.45, 7) is 1.14. The molecule has 24 heavy (non-hydrogen) atoms. The van der Waals surface area contributed by atoms with Gasteiger partial charge in [-0.05, 0) is 35.9 Å². The summed E-state index contributed by atoms with van der Waals surface area (Å²) < 4.78 is 5.69. The molecule has 0 saturated carbocycles. The summed E-state index contributed by atoms with van der Waals surface area (Å²) in [5, 5.41) is 12.2. The van der Waals surface area contributed by atoms with Gasteiger partial charge in [-0.25, -0.2) is 4.98 Å². The highest BCUT2D eigenvalue weighted by atomic mass is 16.5. The van der Waals surface area contributed by atoms with Crippen molar-refractivity contribution in [1.29, 1.82) is 5.26 Å². The van der Waals surface area contributed by atoms with Gasteiger partial charge in [0.25, 0.3) is 0 Å². The molecule has 0 amide bonds. The molecule has 0 bridgehead atoms. The summed E-state index contributed by atoms with van der Waals surface area (Å²) in [5.74, 6) is 1.58. The topological polar surface area (TPSA) is 86.6 Å². The molecular formula is C18H17N5O. The van der Waals surface area contributed by atoms with Gasteiger partial charge in [-0.3, -0.25) is 4.98 Å². The molecule has 3 aromatic rings. The molecular weight excluding hydrogens is 302 g/mol. The summed E-state index contributed by atoms with van der Waals surface area (Å²) in [6, 6.07) is 13.0. The number of aromatic nitrogens is 3. The van der Waals surface area contributed by atoms with E-state index in [0.29, 0.717) is 18.7 Å². The minimum Gasteiger partial charge on any atom is -0.492 e. The molecule has 0 unspecified atom stereocenters. The standard InChI is InChI=1S/C18H17N5O/c19-12-14-3-5-16(6-4-14)24-11-10-21-17(18-22-8-9-23-18)15-2-1-7-20-13-15/h1-9,13,17,21H,10-11H2,(H,22,23)/t17-/m0/s1. The van der Waals surface area contributed by atoms with Crippen LogP contribution in [0.3, 0.4) is 0 Å². The quantitative estimate of drug-likeness (QED) is 0.653. The molecule has 0 radical (unpaired) electrons. The average molecular weight is 319 g/mol. The summed E-state index contributed by atoms with van der Waals surface area (Å²) in [5.41, 5.74) is 1.65. The Kier molecular flexibility index (Phi) is 5.17. The molecule has 0 aliphatic rings. The Morgan fingerprint density at radius 1 is 1.21 bits per heavy atom. The first-order chi connectivity index (χ1) is 11.9. The maximum absolute atomic E-state index is 8.79. The van der Waals surface area contributed by atoms with Crippen molar-refractivity contribution < 1.29 is 4.74 Å². The zero-order chi connectivity index (χ0) is 16.6. The molecule has 120 valence electrons. The molecule has 2 heterocycles. The maximum Gasteiger partial charge on any atom is 0.127 e. The van der Waals surface area contributed by atoms with E-state index < -0.39 is 0 Å². The number of pyridine rings is 1. The SMILES string of the molecule is N#Cc1ccc(OCCN[C@@H](c2cccnc2)c2ncc[nH]2)cc1. The Labute approximate surface area is 140 Å². The highest BCUT2D eigenvalue weighted by Crippen LogP contribution is 2.17. The number of nitrogens with one attached hydrogen (secondary N) is 2. The molecule has 2 N–H and O–H groups in total. The van der Waals surface area contributed by atoms with E-state index in [1.54, 1.807) is 42.9 Å².